The standard InChI is InChI=1S/C18H25ClN4O2/c1-13-3-4-14(19)11-15(13)21-17(25)23-10-9-22(2)18(12-23)6-5-16(24)20-8-7-18/h3-4,11H,5-10,12H2,1-2H3,(H,20,24)(H,21,25)/t18-/m0/s1. The summed E-state index contributed by atoms with van der Waals surface area (Å²) in [4.78, 5) is 28.7. The molecule has 1 aromatic carbocycles. The highest BCUT2D eigenvalue weighted by molar-refractivity contribution is 6.31. The van der Waals surface area contributed by atoms with Crippen LogP contribution in [0, 0.1) is 6.92 Å². The lowest BCUT2D eigenvalue weighted by atomic mass is 9.86. The summed E-state index contributed by atoms with van der Waals surface area (Å²) in [5.74, 6) is 0.0985. The Morgan fingerprint density at radius 3 is 2.92 bits per heavy atom. The molecule has 136 valence electrons. The number of hydrogen-bond acceptors (Lipinski definition) is 3. The fourth-order valence-corrected chi connectivity index (χ4v) is 3.87. The second-order valence-corrected chi connectivity index (χ2v) is 7.49. The lowest BCUT2D eigenvalue weighted by molar-refractivity contribution is -0.121. The van der Waals surface area contributed by atoms with Gasteiger partial charge in [0.2, 0.25) is 5.91 Å². The Morgan fingerprint density at radius 2 is 2.12 bits per heavy atom. The first kappa shape index (κ1) is 18.0. The van der Waals surface area contributed by atoms with Crippen molar-refractivity contribution in [2.24, 2.45) is 0 Å². The summed E-state index contributed by atoms with van der Waals surface area (Å²) in [6.45, 7) is 4.71. The smallest absolute Gasteiger partial charge is 0.321 e. The van der Waals surface area contributed by atoms with E-state index in [1.165, 1.54) is 0 Å². The maximum atomic E-state index is 12.8. The molecular weight excluding hydrogens is 340 g/mol. The Morgan fingerprint density at radius 1 is 1.32 bits per heavy atom. The lowest BCUT2D eigenvalue weighted by Crippen LogP contribution is -2.62. The average Bonchev–Trinajstić information content (AvgIpc) is 2.76. The van der Waals surface area contributed by atoms with Gasteiger partial charge in [-0.15, -0.1) is 0 Å². The SMILES string of the molecule is Cc1ccc(Cl)cc1NC(=O)N1CCN(C)[C@@]2(CCNC(=O)CC2)C1. The number of benzene rings is 1. The van der Waals surface area contributed by atoms with Gasteiger partial charge in [0.1, 0.15) is 0 Å². The highest BCUT2D eigenvalue weighted by Crippen LogP contribution is 2.31. The molecule has 3 amide bonds. The summed E-state index contributed by atoms with van der Waals surface area (Å²) in [6, 6.07) is 5.37. The quantitative estimate of drug-likeness (QED) is 0.804. The van der Waals surface area contributed by atoms with Crippen molar-refractivity contribution in [3.05, 3.63) is 28.8 Å². The fraction of sp³-hybridized carbons (Fsp3) is 0.556. The predicted molar refractivity (Wildman–Crippen MR) is 99.0 cm³/mol. The zero-order valence-corrected chi connectivity index (χ0v) is 15.5. The van der Waals surface area contributed by atoms with Gasteiger partial charge in [-0.1, -0.05) is 17.7 Å². The molecule has 2 saturated heterocycles. The average molecular weight is 365 g/mol. The first-order valence-corrected chi connectivity index (χ1v) is 9.07. The molecule has 6 nitrogen and oxygen atoms in total. The van der Waals surface area contributed by atoms with E-state index in [0.29, 0.717) is 31.1 Å². The van der Waals surface area contributed by atoms with Crippen molar-refractivity contribution in [1.29, 1.82) is 0 Å². The molecule has 3 rings (SSSR count). The molecule has 0 saturated carbocycles. The molecule has 2 aliphatic heterocycles. The van der Waals surface area contributed by atoms with E-state index in [1.54, 1.807) is 6.07 Å². The van der Waals surface area contributed by atoms with Gasteiger partial charge < -0.3 is 15.5 Å². The van der Waals surface area contributed by atoms with Crippen LogP contribution < -0.4 is 10.6 Å². The van der Waals surface area contributed by atoms with Crippen LogP contribution in [0.5, 0.6) is 0 Å². The van der Waals surface area contributed by atoms with Crippen LogP contribution >= 0.6 is 11.6 Å². The molecule has 0 aliphatic carbocycles. The van der Waals surface area contributed by atoms with E-state index in [1.807, 2.05) is 24.0 Å². The van der Waals surface area contributed by atoms with Gasteiger partial charge in [0.15, 0.2) is 0 Å². The largest absolute Gasteiger partial charge is 0.356 e. The van der Waals surface area contributed by atoms with Gasteiger partial charge in [-0.05, 0) is 44.5 Å². The molecule has 2 N–H and O–H groups in total. The van der Waals surface area contributed by atoms with E-state index in [4.69, 9.17) is 11.6 Å². The van der Waals surface area contributed by atoms with Crippen LogP contribution in [0.25, 0.3) is 0 Å². The number of anilines is 1. The molecule has 2 fully saturated rings. The van der Waals surface area contributed by atoms with Crippen LogP contribution in [0.15, 0.2) is 18.2 Å². The Balaban J connectivity index is 1.73. The Bertz CT molecular complexity index is 681. The molecule has 2 aliphatic rings. The molecule has 7 heteroatoms. The summed E-state index contributed by atoms with van der Waals surface area (Å²) in [5.41, 5.74) is 1.58. The summed E-state index contributed by atoms with van der Waals surface area (Å²) in [7, 11) is 2.09. The van der Waals surface area contributed by atoms with Crippen molar-refractivity contribution in [2.75, 3.05) is 38.5 Å². The number of nitrogens with zero attached hydrogens (tertiary/aromatic N) is 2. The highest BCUT2D eigenvalue weighted by Gasteiger charge is 2.42. The number of hydrogen-bond donors (Lipinski definition) is 2. The summed E-state index contributed by atoms with van der Waals surface area (Å²) < 4.78 is 0. The Labute approximate surface area is 153 Å². The third-order valence-corrected chi connectivity index (χ3v) is 5.69. The van der Waals surface area contributed by atoms with E-state index in [-0.39, 0.29) is 17.5 Å². The second-order valence-electron chi connectivity index (χ2n) is 7.06. The van der Waals surface area contributed by atoms with E-state index >= 15 is 0 Å². The third kappa shape index (κ3) is 3.90. The first-order chi connectivity index (χ1) is 11.9. The normalized spacial score (nSPS) is 24.8. The Kier molecular flexibility index (Phi) is 5.20. The zero-order chi connectivity index (χ0) is 18.0. The lowest BCUT2D eigenvalue weighted by Gasteiger charge is -2.49. The minimum absolute atomic E-state index is 0.0985. The Hall–Kier alpha value is -1.79. The molecule has 0 bridgehead atoms. The molecular formula is C18H25ClN4O2. The monoisotopic (exact) mass is 364 g/mol. The van der Waals surface area contributed by atoms with Gasteiger partial charge in [0.25, 0.3) is 0 Å². The summed E-state index contributed by atoms with van der Waals surface area (Å²) in [5, 5.41) is 6.52. The van der Waals surface area contributed by atoms with Crippen molar-refractivity contribution in [1.82, 2.24) is 15.1 Å². The highest BCUT2D eigenvalue weighted by atomic mass is 35.5. The number of rotatable bonds is 1. The van der Waals surface area contributed by atoms with Crippen molar-refractivity contribution in [3.8, 4) is 0 Å². The molecule has 25 heavy (non-hydrogen) atoms. The molecule has 0 aromatic heterocycles. The van der Waals surface area contributed by atoms with Crippen LogP contribution in [0.2, 0.25) is 5.02 Å². The number of likely N-dealkylation sites (N-methyl/N-ethyl adjacent to an activating group) is 1. The predicted octanol–water partition coefficient (Wildman–Crippen LogP) is 2.47. The maximum Gasteiger partial charge on any atom is 0.321 e. The van der Waals surface area contributed by atoms with Gasteiger partial charge in [-0.2, -0.15) is 0 Å². The molecule has 0 unspecified atom stereocenters. The minimum atomic E-state index is -0.141. The second kappa shape index (κ2) is 7.22. The fourth-order valence-electron chi connectivity index (χ4n) is 3.69. The van der Waals surface area contributed by atoms with Crippen LogP contribution in [-0.4, -0.2) is 60.5 Å². The van der Waals surface area contributed by atoms with Gasteiger partial charge in [0, 0.05) is 48.8 Å². The van der Waals surface area contributed by atoms with Crippen LogP contribution in [0.4, 0.5) is 10.5 Å². The topological polar surface area (TPSA) is 64.7 Å². The molecule has 2 heterocycles. The van der Waals surface area contributed by atoms with Crippen molar-refractivity contribution in [3.63, 3.8) is 0 Å². The van der Waals surface area contributed by atoms with Gasteiger partial charge >= 0.3 is 6.03 Å². The van der Waals surface area contributed by atoms with Gasteiger partial charge in [-0.3, -0.25) is 9.69 Å². The van der Waals surface area contributed by atoms with Crippen molar-refractivity contribution in [2.45, 2.75) is 31.7 Å². The van der Waals surface area contributed by atoms with Crippen LogP contribution in [-0.2, 0) is 4.79 Å². The number of aryl methyl sites for hydroxylation is 1. The number of urea groups is 1. The van der Waals surface area contributed by atoms with Crippen LogP contribution in [0.3, 0.4) is 0 Å². The van der Waals surface area contributed by atoms with E-state index in [9.17, 15) is 9.59 Å². The van der Waals surface area contributed by atoms with Gasteiger partial charge in [-0.25, -0.2) is 4.79 Å². The van der Waals surface area contributed by atoms with E-state index < -0.39 is 0 Å². The maximum absolute atomic E-state index is 12.8. The van der Waals surface area contributed by atoms with Gasteiger partial charge in [0.05, 0.1) is 0 Å². The zero-order valence-electron chi connectivity index (χ0n) is 14.8. The number of carbonyl (C=O) groups is 2. The van der Waals surface area contributed by atoms with Crippen molar-refractivity contribution >= 4 is 29.2 Å². The number of carbonyl (C=O) groups excluding carboxylic acids is 2. The molecule has 1 atom stereocenters. The van der Waals surface area contributed by atoms with Crippen LogP contribution in [0.1, 0.15) is 24.8 Å². The summed E-state index contributed by atoms with van der Waals surface area (Å²) in [6.07, 6.45) is 2.14. The number of amides is 3. The molecule has 1 aromatic rings. The minimum Gasteiger partial charge on any atom is -0.356 e. The van der Waals surface area contributed by atoms with Crippen molar-refractivity contribution < 1.29 is 9.59 Å². The number of piperazine rings is 1. The number of halogens is 1. The summed E-state index contributed by atoms with van der Waals surface area (Å²) >= 11 is 6.04. The molecule has 1 spiro atoms. The number of nitrogens with one attached hydrogen (secondary N) is 2. The first-order valence-electron chi connectivity index (χ1n) is 8.70. The molecule has 0 radical (unpaired) electrons. The van der Waals surface area contributed by atoms with E-state index in [0.717, 1.165) is 30.6 Å². The third-order valence-electron chi connectivity index (χ3n) is 5.46. The van der Waals surface area contributed by atoms with E-state index in [2.05, 4.69) is 22.6 Å².